The Labute approximate surface area is 182 Å². The molecule has 0 aliphatic carbocycles. The van der Waals surface area contributed by atoms with Gasteiger partial charge in [-0.3, -0.25) is 9.69 Å². The Bertz CT molecular complexity index is 928. The highest BCUT2D eigenvalue weighted by atomic mass is 19.1. The summed E-state index contributed by atoms with van der Waals surface area (Å²) in [5.74, 6) is 1.53. The molecule has 2 aromatic rings. The molecule has 5 rings (SSSR count). The minimum Gasteiger partial charge on any atom is -0.486 e. The highest BCUT2D eigenvalue weighted by molar-refractivity contribution is 5.79. The van der Waals surface area contributed by atoms with Gasteiger partial charge in [-0.05, 0) is 54.8 Å². The standard InChI is InChI=1S/C24H28FN3O3/c25-19-4-6-20(7-5-19)27-12-10-26(11-13-27)17-24(29)28-9-1-2-21(28)18-3-8-22-23(16-18)31-15-14-30-22/h3-8,16,21H,1-2,9-15,17H2. The van der Waals surface area contributed by atoms with Gasteiger partial charge in [-0.15, -0.1) is 0 Å². The van der Waals surface area contributed by atoms with E-state index >= 15 is 0 Å². The van der Waals surface area contributed by atoms with Crippen LogP contribution in [0.3, 0.4) is 0 Å². The van der Waals surface area contributed by atoms with Crippen LogP contribution in [0, 0.1) is 5.82 Å². The topological polar surface area (TPSA) is 45.3 Å². The van der Waals surface area contributed by atoms with E-state index in [1.54, 1.807) is 0 Å². The maximum atomic E-state index is 13.2. The number of fused-ring (bicyclic) bond motifs is 1. The Morgan fingerprint density at radius 2 is 1.68 bits per heavy atom. The number of nitrogens with zero attached hydrogens (tertiary/aromatic N) is 3. The van der Waals surface area contributed by atoms with E-state index in [4.69, 9.17) is 9.47 Å². The molecule has 1 atom stereocenters. The zero-order chi connectivity index (χ0) is 21.2. The number of anilines is 1. The lowest BCUT2D eigenvalue weighted by molar-refractivity contribution is -0.133. The maximum Gasteiger partial charge on any atom is 0.237 e. The summed E-state index contributed by atoms with van der Waals surface area (Å²) in [7, 11) is 0. The number of carbonyl (C=O) groups excluding carboxylic acids is 1. The van der Waals surface area contributed by atoms with Gasteiger partial charge in [-0.1, -0.05) is 6.07 Å². The Balaban J connectivity index is 1.19. The van der Waals surface area contributed by atoms with Crippen LogP contribution in [-0.4, -0.2) is 68.2 Å². The molecule has 1 amide bonds. The first-order valence-electron chi connectivity index (χ1n) is 11.1. The second-order valence-electron chi connectivity index (χ2n) is 8.39. The fourth-order valence-electron chi connectivity index (χ4n) is 4.78. The Hall–Kier alpha value is -2.80. The van der Waals surface area contributed by atoms with Gasteiger partial charge in [0.1, 0.15) is 19.0 Å². The predicted molar refractivity (Wildman–Crippen MR) is 116 cm³/mol. The number of halogens is 1. The van der Waals surface area contributed by atoms with Crippen LogP contribution in [0.4, 0.5) is 10.1 Å². The van der Waals surface area contributed by atoms with Crippen LogP contribution in [-0.2, 0) is 4.79 Å². The van der Waals surface area contributed by atoms with Gasteiger partial charge >= 0.3 is 0 Å². The van der Waals surface area contributed by atoms with Crippen molar-refractivity contribution in [1.29, 1.82) is 0 Å². The molecule has 2 fully saturated rings. The van der Waals surface area contributed by atoms with Gasteiger partial charge < -0.3 is 19.3 Å². The third-order valence-electron chi connectivity index (χ3n) is 6.45. The summed E-state index contributed by atoms with van der Waals surface area (Å²) in [4.78, 5) is 19.6. The normalized spacial score (nSPS) is 21.4. The molecule has 6 nitrogen and oxygen atoms in total. The molecule has 164 valence electrons. The van der Waals surface area contributed by atoms with E-state index in [-0.39, 0.29) is 17.8 Å². The summed E-state index contributed by atoms with van der Waals surface area (Å²) in [5, 5.41) is 0. The summed E-state index contributed by atoms with van der Waals surface area (Å²) >= 11 is 0. The van der Waals surface area contributed by atoms with Crippen LogP contribution in [0.2, 0.25) is 0 Å². The molecule has 0 saturated carbocycles. The van der Waals surface area contributed by atoms with Gasteiger partial charge in [0.15, 0.2) is 11.5 Å². The fraction of sp³-hybridized carbons (Fsp3) is 0.458. The molecule has 0 radical (unpaired) electrons. The van der Waals surface area contributed by atoms with Crippen LogP contribution in [0.25, 0.3) is 0 Å². The summed E-state index contributed by atoms with van der Waals surface area (Å²) < 4.78 is 24.5. The molecule has 3 aliphatic rings. The van der Waals surface area contributed by atoms with Crippen molar-refractivity contribution in [2.24, 2.45) is 0 Å². The smallest absolute Gasteiger partial charge is 0.237 e. The van der Waals surface area contributed by atoms with Crippen molar-refractivity contribution in [3.05, 3.63) is 53.8 Å². The van der Waals surface area contributed by atoms with Gasteiger partial charge in [-0.2, -0.15) is 0 Å². The average Bonchev–Trinajstić information content (AvgIpc) is 3.30. The molecule has 31 heavy (non-hydrogen) atoms. The van der Waals surface area contributed by atoms with E-state index in [1.807, 2.05) is 29.2 Å². The molecule has 2 saturated heterocycles. The molecule has 3 heterocycles. The van der Waals surface area contributed by atoms with E-state index in [0.717, 1.165) is 68.3 Å². The number of likely N-dealkylation sites (tertiary alicyclic amines) is 1. The molecular formula is C24H28FN3O3. The van der Waals surface area contributed by atoms with Crippen LogP contribution in [0.1, 0.15) is 24.4 Å². The number of piperazine rings is 1. The SMILES string of the molecule is O=C(CN1CCN(c2ccc(F)cc2)CC1)N1CCCC1c1ccc2c(c1)OCCO2. The highest BCUT2D eigenvalue weighted by Crippen LogP contribution is 2.38. The monoisotopic (exact) mass is 425 g/mol. The predicted octanol–water partition coefficient (Wildman–Crippen LogP) is 3.08. The summed E-state index contributed by atoms with van der Waals surface area (Å²) in [6, 6.07) is 12.8. The molecule has 0 bridgehead atoms. The number of hydrogen-bond acceptors (Lipinski definition) is 5. The number of hydrogen-bond donors (Lipinski definition) is 0. The van der Waals surface area contributed by atoms with Gasteiger partial charge in [0, 0.05) is 38.4 Å². The fourth-order valence-corrected chi connectivity index (χ4v) is 4.78. The zero-order valence-corrected chi connectivity index (χ0v) is 17.6. The summed E-state index contributed by atoms with van der Waals surface area (Å²) in [6.45, 7) is 5.71. The van der Waals surface area contributed by atoms with Gasteiger partial charge in [-0.25, -0.2) is 4.39 Å². The second kappa shape index (κ2) is 8.75. The summed E-state index contributed by atoms with van der Waals surface area (Å²) in [5.41, 5.74) is 2.15. The van der Waals surface area contributed by atoms with Crippen molar-refractivity contribution in [2.45, 2.75) is 18.9 Å². The van der Waals surface area contributed by atoms with Gasteiger partial charge in [0.2, 0.25) is 5.91 Å². The second-order valence-corrected chi connectivity index (χ2v) is 8.39. The first-order chi connectivity index (χ1) is 15.2. The van der Waals surface area contributed by atoms with Gasteiger partial charge in [0.25, 0.3) is 0 Å². The molecule has 0 spiro atoms. The molecule has 2 aromatic carbocycles. The van der Waals surface area contributed by atoms with Crippen molar-refractivity contribution in [3.8, 4) is 11.5 Å². The number of amides is 1. The average molecular weight is 426 g/mol. The van der Waals surface area contributed by atoms with Crippen molar-refractivity contribution >= 4 is 11.6 Å². The maximum absolute atomic E-state index is 13.2. The Kier molecular flexibility index (Phi) is 5.68. The van der Waals surface area contributed by atoms with Crippen molar-refractivity contribution < 1.29 is 18.7 Å². The Morgan fingerprint density at radius 3 is 2.45 bits per heavy atom. The molecule has 0 aromatic heterocycles. The highest BCUT2D eigenvalue weighted by Gasteiger charge is 2.32. The van der Waals surface area contributed by atoms with E-state index < -0.39 is 0 Å². The third kappa shape index (κ3) is 4.32. The Morgan fingerprint density at radius 1 is 0.935 bits per heavy atom. The number of ether oxygens (including phenoxy) is 2. The molecule has 1 unspecified atom stereocenters. The van der Waals surface area contributed by atoms with Crippen LogP contribution < -0.4 is 14.4 Å². The van der Waals surface area contributed by atoms with Crippen molar-refractivity contribution in [1.82, 2.24) is 9.80 Å². The van der Waals surface area contributed by atoms with Crippen molar-refractivity contribution in [2.75, 3.05) is 57.4 Å². The van der Waals surface area contributed by atoms with Gasteiger partial charge in [0.05, 0.1) is 12.6 Å². The van der Waals surface area contributed by atoms with Crippen LogP contribution in [0.15, 0.2) is 42.5 Å². The van der Waals surface area contributed by atoms with Crippen LogP contribution in [0.5, 0.6) is 11.5 Å². The zero-order valence-electron chi connectivity index (χ0n) is 17.6. The molecule has 3 aliphatic heterocycles. The molecular weight excluding hydrogens is 397 g/mol. The minimum atomic E-state index is -0.217. The van der Waals surface area contributed by atoms with E-state index in [9.17, 15) is 9.18 Å². The molecule has 7 heteroatoms. The first-order valence-corrected chi connectivity index (χ1v) is 11.1. The summed E-state index contributed by atoms with van der Waals surface area (Å²) in [6.07, 6.45) is 1.99. The number of benzene rings is 2. The lowest BCUT2D eigenvalue weighted by atomic mass is 10.0. The molecule has 0 N–H and O–H groups in total. The third-order valence-corrected chi connectivity index (χ3v) is 6.45. The van der Waals surface area contributed by atoms with E-state index in [2.05, 4.69) is 15.9 Å². The lowest BCUT2D eigenvalue weighted by Gasteiger charge is -2.37. The minimum absolute atomic E-state index is 0.101. The quantitative estimate of drug-likeness (QED) is 0.753. The van der Waals surface area contributed by atoms with Crippen molar-refractivity contribution in [3.63, 3.8) is 0 Å². The first kappa shape index (κ1) is 20.1. The van der Waals surface area contributed by atoms with Crippen LogP contribution >= 0.6 is 0 Å². The number of rotatable bonds is 4. The largest absolute Gasteiger partial charge is 0.486 e. The number of carbonyl (C=O) groups is 1. The lowest BCUT2D eigenvalue weighted by Crippen LogP contribution is -2.50. The van der Waals surface area contributed by atoms with E-state index in [0.29, 0.717) is 19.8 Å². The van der Waals surface area contributed by atoms with E-state index in [1.165, 1.54) is 12.1 Å².